The molecule has 0 aliphatic carbocycles. The average Bonchev–Trinajstić information content (AvgIpc) is 3.63. The Morgan fingerprint density at radius 2 is 1.00 bits per heavy atom. The number of thiazole rings is 2. The predicted molar refractivity (Wildman–Crippen MR) is 170 cm³/mol. The van der Waals surface area contributed by atoms with Crippen LogP contribution >= 0.6 is 22.7 Å². The molecular weight excluding hydrogens is 640 g/mol. The van der Waals surface area contributed by atoms with Gasteiger partial charge in [0.15, 0.2) is 23.2 Å². The third-order valence-corrected chi connectivity index (χ3v) is 7.64. The lowest BCUT2D eigenvalue weighted by Crippen LogP contribution is -2.33. The zero-order chi connectivity index (χ0) is 34.3. The minimum Gasteiger partial charge on any atom is -0.457 e. The molecule has 2 aromatic heterocycles. The van der Waals surface area contributed by atoms with Crippen molar-refractivity contribution in [3.05, 3.63) is 22.1 Å². The number of amides is 2. The van der Waals surface area contributed by atoms with E-state index in [1.165, 1.54) is 12.4 Å². The second-order valence-electron chi connectivity index (χ2n) is 12.0. The number of nitrogens with one attached hydrogen (secondary N) is 2. The van der Waals surface area contributed by atoms with Crippen LogP contribution in [0.15, 0.2) is 12.4 Å². The summed E-state index contributed by atoms with van der Waals surface area (Å²) < 4.78 is 20.4. The molecule has 2 N–H and O–H groups in total. The first-order valence-corrected chi connectivity index (χ1v) is 16.4. The summed E-state index contributed by atoms with van der Waals surface area (Å²) in [7, 11) is 0. The molecule has 16 heteroatoms. The number of alkyl carbamates (subject to hydrolysis) is 2. The van der Waals surface area contributed by atoms with E-state index >= 15 is 0 Å². The highest BCUT2D eigenvalue weighted by atomic mass is 32.1. The van der Waals surface area contributed by atoms with E-state index in [0.717, 1.165) is 22.7 Å². The number of carbonyl (C=O) groups is 6. The standard InChI is InChI=1S/C30H42N4O10S2/c1-29(2,3)43-27(39)31-13-9-7-11-23(37)41-17-19(35)21-15-33-25(45-21)26-34-16-22(46-26)20(36)18-42-24(38)12-8-10-14-32-28(40)44-30(4,5)6/h15-16H,7-14,17-18H2,1-6H3,(H,31,39)(H,32,40). The fourth-order valence-electron chi connectivity index (χ4n) is 3.38. The monoisotopic (exact) mass is 682 g/mol. The van der Waals surface area contributed by atoms with E-state index in [4.69, 9.17) is 18.9 Å². The first kappa shape index (κ1) is 38.3. The molecular formula is C30H42N4O10S2. The first-order chi connectivity index (χ1) is 21.5. The number of hydrogen-bond donors (Lipinski definition) is 2. The number of hydrogen-bond acceptors (Lipinski definition) is 14. The average molecular weight is 683 g/mol. The van der Waals surface area contributed by atoms with Crippen LogP contribution in [0.4, 0.5) is 9.59 Å². The molecule has 0 aliphatic rings. The van der Waals surface area contributed by atoms with Gasteiger partial charge < -0.3 is 29.6 Å². The Kier molecular flexibility index (Phi) is 15.2. The summed E-state index contributed by atoms with van der Waals surface area (Å²) in [5, 5.41) is 6.04. The zero-order valence-corrected chi connectivity index (χ0v) is 28.7. The van der Waals surface area contributed by atoms with Crippen LogP contribution in [0.3, 0.4) is 0 Å². The summed E-state index contributed by atoms with van der Waals surface area (Å²) in [5.41, 5.74) is -1.18. The Morgan fingerprint density at radius 1 is 0.630 bits per heavy atom. The van der Waals surface area contributed by atoms with Gasteiger partial charge in [-0.25, -0.2) is 19.6 Å². The summed E-state index contributed by atoms with van der Waals surface area (Å²) in [6.45, 7) is 10.4. The molecule has 0 unspecified atom stereocenters. The Bertz CT molecular complexity index is 1260. The van der Waals surface area contributed by atoms with Crippen LogP contribution in [0.1, 0.15) is 99.4 Å². The van der Waals surface area contributed by atoms with Crippen molar-refractivity contribution in [2.45, 2.75) is 91.3 Å². The maximum atomic E-state index is 12.5. The third kappa shape index (κ3) is 15.9. The lowest BCUT2D eigenvalue weighted by molar-refractivity contribution is -0.143. The lowest BCUT2D eigenvalue weighted by atomic mass is 10.2. The van der Waals surface area contributed by atoms with Crippen LogP contribution in [0.2, 0.25) is 0 Å². The van der Waals surface area contributed by atoms with Crippen LogP contribution in [0.5, 0.6) is 0 Å². The molecule has 254 valence electrons. The van der Waals surface area contributed by atoms with E-state index in [1.807, 2.05) is 0 Å². The van der Waals surface area contributed by atoms with Gasteiger partial charge in [0.2, 0.25) is 11.6 Å². The predicted octanol–water partition coefficient (Wildman–Crippen LogP) is 5.11. The van der Waals surface area contributed by atoms with Crippen LogP contribution in [0.25, 0.3) is 10.0 Å². The van der Waals surface area contributed by atoms with Gasteiger partial charge in [-0.3, -0.25) is 19.2 Å². The minimum absolute atomic E-state index is 0.0930. The number of aromatic nitrogens is 2. The molecule has 2 amide bonds. The Labute approximate surface area is 275 Å². The highest BCUT2D eigenvalue weighted by molar-refractivity contribution is 7.23. The largest absolute Gasteiger partial charge is 0.457 e. The molecule has 2 heterocycles. The molecule has 0 aliphatic heterocycles. The van der Waals surface area contributed by atoms with E-state index in [2.05, 4.69) is 20.6 Å². The lowest BCUT2D eigenvalue weighted by Gasteiger charge is -2.19. The summed E-state index contributed by atoms with van der Waals surface area (Å²) in [6, 6.07) is 0. The van der Waals surface area contributed by atoms with Crippen molar-refractivity contribution >= 4 is 58.4 Å². The molecule has 2 aromatic rings. The zero-order valence-electron chi connectivity index (χ0n) is 27.0. The molecule has 0 fully saturated rings. The van der Waals surface area contributed by atoms with Gasteiger partial charge in [-0.05, 0) is 67.2 Å². The Morgan fingerprint density at radius 3 is 1.35 bits per heavy atom. The highest BCUT2D eigenvalue weighted by Gasteiger charge is 2.20. The van der Waals surface area contributed by atoms with Crippen molar-refractivity contribution in [1.29, 1.82) is 0 Å². The molecule has 0 atom stereocenters. The van der Waals surface area contributed by atoms with Crippen LogP contribution in [-0.4, -0.2) is 83.2 Å². The number of esters is 2. The summed E-state index contributed by atoms with van der Waals surface area (Å²) in [6.07, 6.45) is 3.85. The molecule has 0 aromatic carbocycles. The van der Waals surface area contributed by atoms with Crippen molar-refractivity contribution < 1.29 is 47.7 Å². The molecule has 0 saturated carbocycles. The second-order valence-corrected chi connectivity index (χ2v) is 14.1. The van der Waals surface area contributed by atoms with E-state index in [9.17, 15) is 28.8 Å². The van der Waals surface area contributed by atoms with Crippen LogP contribution in [-0.2, 0) is 28.5 Å². The van der Waals surface area contributed by atoms with Crippen molar-refractivity contribution in [1.82, 2.24) is 20.6 Å². The number of Topliss-reactive ketones (excluding diaryl/α,β-unsaturated/α-hetero) is 2. The summed E-state index contributed by atoms with van der Waals surface area (Å²) in [4.78, 5) is 81.1. The van der Waals surface area contributed by atoms with Crippen LogP contribution in [0, 0.1) is 0 Å². The molecule has 0 spiro atoms. The van der Waals surface area contributed by atoms with E-state index in [0.29, 0.717) is 48.8 Å². The number of ketones is 2. The number of ether oxygens (including phenoxy) is 4. The van der Waals surface area contributed by atoms with Gasteiger partial charge >= 0.3 is 24.1 Å². The van der Waals surface area contributed by atoms with E-state index in [-0.39, 0.29) is 22.6 Å². The van der Waals surface area contributed by atoms with Gasteiger partial charge in [0.05, 0.1) is 9.75 Å². The summed E-state index contributed by atoms with van der Waals surface area (Å²) in [5.74, 6) is -1.92. The third-order valence-electron chi connectivity index (χ3n) is 5.42. The smallest absolute Gasteiger partial charge is 0.407 e. The second kappa shape index (κ2) is 18.3. The van der Waals surface area contributed by atoms with Crippen molar-refractivity contribution in [3.8, 4) is 10.0 Å². The topological polar surface area (TPSA) is 189 Å². The number of unbranched alkanes of at least 4 members (excludes halogenated alkanes) is 2. The maximum absolute atomic E-state index is 12.5. The normalized spacial score (nSPS) is 11.3. The number of carbonyl (C=O) groups excluding carboxylic acids is 6. The fraction of sp³-hybridized carbons (Fsp3) is 0.600. The molecule has 14 nitrogen and oxygen atoms in total. The molecule has 0 bridgehead atoms. The van der Waals surface area contributed by atoms with Gasteiger partial charge in [-0.2, -0.15) is 0 Å². The van der Waals surface area contributed by atoms with Gasteiger partial charge in [0.1, 0.15) is 11.2 Å². The van der Waals surface area contributed by atoms with Gasteiger partial charge in [-0.15, -0.1) is 22.7 Å². The van der Waals surface area contributed by atoms with Crippen molar-refractivity contribution in [3.63, 3.8) is 0 Å². The Hall–Kier alpha value is -3.92. The van der Waals surface area contributed by atoms with Crippen LogP contribution < -0.4 is 10.6 Å². The quantitative estimate of drug-likeness (QED) is 0.0972. The minimum atomic E-state index is -0.590. The van der Waals surface area contributed by atoms with Gasteiger partial charge in [-0.1, -0.05) is 0 Å². The Balaban J connectivity index is 1.67. The van der Waals surface area contributed by atoms with Crippen molar-refractivity contribution in [2.75, 3.05) is 26.3 Å². The highest BCUT2D eigenvalue weighted by Crippen LogP contribution is 2.29. The first-order valence-electron chi connectivity index (χ1n) is 14.8. The number of nitrogens with zero attached hydrogens (tertiary/aromatic N) is 2. The van der Waals surface area contributed by atoms with Crippen molar-refractivity contribution in [2.24, 2.45) is 0 Å². The van der Waals surface area contributed by atoms with Gasteiger partial charge in [0, 0.05) is 38.3 Å². The molecule has 46 heavy (non-hydrogen) atoms. The van der Waals surface area contributed by atoms with E-state index < -0.39 is 60.1 Å². The SMILES string of the molecule is CC(C)(C)OC(=O)NCCCCC(=O)OCC(=O)c1cnc(-c2ncc(C(=O)COC(=O)CCCCNC(=O)OC(C)(C)C)s2)s1. The van der Waals surface area contributed by atoms with E-state index in [1.54, 1.807) is 41.5 Å². The maximum Gasteiger partial charge on any atom is 0.407 e. The summed E-state index contributed by atoms with van der Waals surface area (Å²) >= 11 is 2.10. The fourth-order valence-corrected chi connectivity index (χ4v) is 5.09. The molecule has 0 radical (unpaired) electrons. The van der Waals surface area contributed by atoms with Gasteiger partial charge in [0.25, 0.3) is 0 Å². The molecule has 2 rings (SSSR count). The number of rotatable bonds is 17. The molecule has 0 saturated heterocycles.